The molecule has 15 heavy (non-hydrogen) atoms. The molecule has 0 fully saturated rings. The van der Waals surface area contributed by atoms with Gasteiger partial charge < -0.3 is 4.55 Å². The van der Waals surface area contributed by atoms with Crippen LogP contribution in [0.5, 0.6) is 0 Å². The van der Waals surface area contributed by atoms with Crippen molar-refractivity contribution in [3.8, 4) is 0 Å². The predicted molar refractivity (Wildman–Crippen MR) is 49.5 cm³/mol. The van der Waals surface area contributed by atoms with Crippen molar-refractivity contribution < 1.29 is 42.5 Å². The molecule has 0 bridgehead atoms. The second-order valence-corrected chi connectivity index (χ2v) is 3.78. The van der Waals surface area contributed by atoms with E-state index < -0.39 is 16.0 Å². The zero-order chi connectivity index (χ0) is 10.4. The topological polar surface area (TPSA) is 94.0 Å². The van der Waals surface area contributed by atoms with E-state index in [9.17, 15) is 13.0 Å². The van der Waals surface area contributed by atoms with Crippen LogP contribution < -0.4 is 35.0 Å². The van der Waals surface area contributed by atoms with Crippen molar-refractivity contribution in [3.63, 3.8) is 0 Å². The maximum absolute atomic E-state index is 10.1. The molecule has 0 spiro atoms. The zero-order valence-corrected chi connectivity index (χ0v) is 10.9. The van der Waals surface area contributed by atoms with Gasteiger partial charge in [-0.15, -0.1) is 0 Å². The third kappa shape index (κ3) is 7.46. The minimum absolute atomic E-state index is 0. The van der Waals surface area contributed by atoms with E-state index in [1.807, 2.05) is 6.07 Å². The molecular formula is C7H8N3NaO3S. The molecule has 1 aromatic carbocycles. The molecule has 1 aromatic rings. The minimum Gasteiger partial charge on any atom is -0.746 e. The smallest absolute Gasteiger partial charge is 0.746 e. The molecule has 0 aliphatic rings. The number of nitrogens with zero attached hydrogens (tertiary/aromatic N) is 2. The molecule has 0 aromatic heterocycles. The van der Waals surface area contributed by atoms with Gasteiger partial charge in [0.25, 0.3) is 0 Å². The summed E-state index contributed by atoms with van der Waals surface area (Å²) in [6.45, 7) is 0. The van der Waals surface area contributed by atoms with E-state index >= 15 is 0 Å². The predicted octanol–water partition coefficient (Wildman–Crippen LogP) is -2.03. The molecule has 8 heteroatoms. The molecule has 0 amide bonds. The van der Waals surface area contributed by atoms with Gasteiger partial charge in [-0.05, 0) is 12.1 Å². The Balaban J connectivity index is 0.00000196. The van der Waals surface area contributed by atoms with Gasteiger partial charge in [-0.2, -0.15) is 5.11 Å². The Hall–Kier alpha value is -0.470. The van der Waals surface area contributed by atoms with E-state index in [-0.39, 0.29) is 29.6 Å². The summed E-state index contributed by atoms with van der Waals surface area (Å²) < 4.78 is 30.3. The molecule has 0 radical (unpaired) electrons. The first-order valence-electron chi connectivity index (χ1n) is 3.69. The van der Waals surface area contributed by atoms with Gasteiger partial charge in [-0.1, -0.05) is 23.4 Å². The van der Waals surface area contributed by atoms with Crippen LogP contribution in [-0.4, -0.2) is 18.8 Å². The van der Waals surface area contributed by atoms with Crippen LogP contribution in [-0.2, 0) is 10.1 Å². The quantitative estimate of drug-likeness (QED) is 0.283. The number of hydrogen-bond donors (Lipinski definition) is 1. The van der Waals surface area contributed by atoms with Crippen molar-refractivity contribution in [2.24, 2.45) is 10.3 Å². The van der Waals surface area contributed by atoms with Gasteiger partial charge in [0.05, 0.1) is 5.69 Å². The van der Waals surface area contributed by atoms with E-state index in [0.717, 1.165) is 0 Å². The van der Waals surface area contributed by atoms with Crippen LogP contribution in [0.25, 0.3) is 0 Å². The van der Waals surface area contributed by atoms with Crippen LogP contribution in [0.15, 0.2) is 40.7 Å². The van der Waals surface area contributed by atoms with E-state index in [1.165, 1.54) is 0 Å². The van der Waals surface area contributed by atoms with E-state index in [1.54, 1.807) is 24.3 Å². The Kier molecular flexibility index (Phi) is 6.70. The van der Waals surface area contributed by atoms with Crippen molar-refractivity contribution in [1.29, 1.82) is 0 Å². The summed E-state index contributed by atoms with van der Waals surface area (Å²) >= 11 is 0. The van der Waals surface area contributed by atoms with Crippen molar-refractivity contribution in [2.75, 3.05) is 11.3 Å². The summed E-state index contributed by atoms with van der Waals surface area (Å²) in [5.41, 5.74) is 3.14. The van der Waals surface area contributed by atoms with E-state index in [0.29, 0.717) is 5.69 Å². The van der Waals surface area contributed by atoms with Gasteiger partial charge >= 0.3 is 29.6 Å². The molecule has 0 saturated heterocycles. The Labute approximate surface area is 110 Å². The average molecular weight is 237 g/mol. The van der Waals surface area contributed by atoms with Crippen LogP contribution in [0.3, 0.4) is 0 Å². The molecule has 0 unspecified atom stereocenters. The van der Waals surface area contributed by atoms with Crippen LogP contribution in [0.4, 0.5) is 5.69 Å². The maximum atomic E-state index is 10.1. The molecule has 0 saturated carbocycles. The van der Waals surface area contributed by atoms with Crippen molar-refractivity contribution in [2.45, 2.75) is 0 Å². The number of benzene rings is 1. The van der Waals surface area contributed by atoms with E-state index in [4.69, 9.17) is 0 Å². The van der Waals surface area contributed by atoms with Gasteiger partial charge in [-0.25, -0.2) is 8.42 Å². The number of rotatable bonds is 4. The first kappa shape index (κ1) is 14.5. The summed E-state index contributed by atoms with van der Waals surface area (Å²) in [4.78, 5) is 0. The number of nitrogens with one attached hydrogen (secondary N) is 1. The fourth-order valence-electron chi connectivity index (χ4n) is 0.705. The fourth-order valence-corrected chi connectivity index (χ4v) is 0.905. The summed E-state index contributed by atoms with van der Waals surface area (Å²) in [6, 6.07) is 8.84. The van der Waals surface area contributed by atoms with Gasteiger partial charge in [0, 0.05) is 0 Å². The molecule has 0 aliphatic heterocycles. The molecule has 76 valence electrons. The molecule has 0 atom stereocenters. The molecule has 0 aliphatic carbocycles. The molecule has 0 heterocycles. The largest absolute Gasteiger partial charge is 1.00 e. The Morgan fingerprint density at radius 1 is 1.27 bits per heavy atom. The monoisotopic (exact) mass is 237 g/mol. The van der Waals surface area contributed by atoms with Crippen molar-refractivity contribution in [3.05, 3.63) is 30.3 Å². The summed E-state index contributed by atoms with van der Waals surface area (Å²) in [7, 11) is -4.33. The van der Waals surface area contributed by atoms with Gasteiger partial charge in [-0.3, -0.25) is 5.43 Å². The molecular weight excluding hydrogens is 229 g/mol. The van der Waals surface area contributed by atoms with Crippen LogP contribution in [0, 0.1) is 0 Å². The summed E-state index contributed by atoms with van der Waals surface area (Å²) in [6.07, 6.45) is 0. The van der Waals surface area contributed by atoms with Gasteiger partial charge in [0.1, 0.15) is 10.1 Å². The number of hydrogen-bond acceptors (Lipinski definition) is 5. The molecule has 1 N–H and O–H groups in total. The van der Waals surface area contributed by atoms with E-state index in [2.05, 4.69) is 15.8 Å². The van der Waals surface area contributed by atoms with Crippen molar-refractivity contribution >= 4 is 15.8 Å². The zero-order valence-electron chi connectivity index (χ0n) is 8.12. The minimum atomic E-state index is -4.33. The van der Waals surface area contributed by atoms with Crippen molar-refractivity contribution in [1.82, 2.24) is 0 Å². The van der Waals surface area contributed by atoms with Gasteiger partial charge in [0.15, 0.2) is 5.88 Å². The van der Waals surface area contributed by atoms with Gasteiger partial charge in [0.2, 0.25) is 0 Å². The first-order chi connectivity index (χ1) is 6.58. The van der Waals surface area contributed by atoms with Crippen LogP contribution in [0.1, 0.15) is 0 Å². The summed E-state index contributed by atoms with van der Waals surface area (Å²) in [5.74, 6) is -0.854. The Morgan fingerprint density at radius 3 is 2.40 bits per heavy atom. The molecule has 1 rings (SSSR count). The third-order valence-electron chi connectivity index (χ3n) is 1.24. The Morgan fingerprint density at radius 2 is 1.87 bits per heavy atom. The second-order valence-electron chi connectivity index (χ2n) is 2.41. The molecule has 6 nitrogen and oxygen atoms in total. The normalized spacial score (nSPS) is 11.0. The average Bonchev–Trinajstić information content (AvgIpc) is 2.13. The maximum Gasteiger partial charge on any atom is 1.00 e. The number of anilines is 1. The first-order valence-corrected chi connectivity index (χ1v) is 5.27. The standard InChI is InChI=1S/C7H9N3O3S.Na/c11-14(12,13)6-8-10-9-7-4-2-1-3-5-7;/h1-5H,6H2,(H,8,9)(H,11,12,13);/q;+1/p-1. The second kappa shape index (κ2) is 6.91. The van der Waals surface area contributed by atoms with Crippen LogP contribution in [0.2, 0.25) is 0 Å². The fraction of sp³-hybridized carbons (Fsp3) is 0.143. The summed E-state index contributed by atoms with van der Waals surface area (Å²) in [5, 5.41) is 6.47. The number of para-hydroxylation sites is 1. The SMILES string of the molecule is O=S(=O)([O-])C/N=N/Nc1ccccc1.[Na+]. The Bertz CT molecular complexity index is 407. The third-order valence-corrected chi connectivity index (χ3v) is 1.67. The van der Waals surface area contributed by atoms with Crippen LogP contribution >= 0.6 is 0 Å².